The summed E-state index contributed by atoms with van der Waals surface area (Å²) in [4.78, 5) is 17.4. The smallest absolute Gasteiger partial charge is 0.422 e. The number of rotatable bonds is 5. The predicted octanol–water partition coefficient (Wildman–Crippen LogP) is 3.43. The van der Waals surface area contributed by atoms with Gasteiger partial charge < -0.3 is 9.64 Å². The zero-order valence-electron chi connectivity index (χ0n) is 12.7. The molecule has 1 aromatic heterocycles. The van der Waals surface area contributed by atoms with Crippen LogP contribution < -0.4 is 4.74 Å². The van der Waals surface area contributed by atoms with E-state index in [1.807, 2.05) is 0 Å². The monoisotopic (exact) mass is 342 g/mol. The number of carbonyl (C=O) groups excluding carboxylic acids is 1. The van der Waals surface area contributed by atoms with Crippen molar-refractivity contribution in [2.45, 2.75) is 12.7 Å². The molecule has 4 nitrogen and oxygen atoms in total. The zero-order valence-corrected chi connectivity index (χ0v) is 12.7. The minimum absolute atomic E-state index is 0.0774. The lowest BCUT2D eigenvalue weighted by molar-refractivity contribution is -0.154. The van der Waals surface area contributed by atoms with Gasteiger partial charge in [-0.1, -0.05) is 12.1 Å². The molecule has 0 aliphatic carbocycles. The van der Waals surface area contributed by atoms with Gasteiger partial charge in [0, 0.05) is 19.8 Å². The molecule has 0 aliphatic rings. The SMILES string of the molecule is CN(Cc1ccc(F)cc1)C(=O)c1cccnc1OCC(F)(F)F. The van der Waals surface area contributed by atoms with E-state index in [-0.39, 0.29) is 18.0 Å². The molecule has 2 rings (SSSR count). The molecule has 0 bridgehead atoms. The van der Waals surface area contributed by atoms with Crippen molar-refractivity contribution in [3.8, 4) is 5.88 Å². The Morgan fingerprint density at radius 3 is 2.50 bits per heavy atom. The largest absolute Gasteiger partial charge is 0.467 e. The fraction of sp³-hybridized carbons (Fsp3) is 0.250. The van der Waals surface area contributed by atoms with Gasteiger partial charge in [0.1, 0.15) is 11.4 Å². The van der Waals surface area contributed by atoms with E-state index < -0.39 is 24.5 Å². The summed E-state index contributed by atoms with van der Waals surface area (Å²) in [5.74, 6) is -1.33. The Morgan fingerprint density at radius 1 is 1.21 bits per heavy atom. The van der Waals surface area contributed by atoms with E-state index >= 15 is 0 Å². The van der Waals surface area contributed by atoms with Gasteiger partial charge in [-0.3, -0.25) is 4.79 Å². The average Bonchev–Trinajstić information content (AvgIpc) is 2.54. The summed E-state index contributed by atoms with van der Waals surface area (Å²) in [7, 11) is 1.48. The number of carbonyl (C=O) groups is 1. The van der Waals surface area contributed by atoms with Crippen molar-refractivity contribution in [3.05, 3.63) is 59.5 Å². The molecule has 1 heterocycles. The first-order valence-electron chi connectivity index (χ1n) is 6.91. The molecule has 0 aliphatic heterocycles. The van der Waals surface area contributed by atoms with Crippen LogP contribution in [0.25, 0.3) is 0 Å². The lowest BCUT2D eigenvalue weighted by Crippen LogP contribution is -2.28. The quantitative estimate of drug-likeness (QED) is 0.782. The van der Waals surface area contributed by atoms with Crippen LogP contribution in [0, 0.1) is 5.82 Å². The lowest BCUT2D eigenvalue weighted by atomic mass is 10.2. The molecule has 128 valence electrons. The van der Waals surface area contributed by atoms with Crippen LogP contribution in [0.5, 0.6) is 5.88 Å². The Balaban J connectivity index is 2.12. The molecule has 0 spiro atoms. The minimum atomic E-state index is -4.53. The molecule has 0 fully saturated rings. The van der Waals surface area contributed by atoms with Crippen molar-refractivity contribution in [2.24, 2.45) is 0 Å². The maximum atomic E-state index is 12.9. The topological polar surface area (TPSA) is 42.4 Å². The van der Waals surface area contributed by atoms with Gasteiger partial charge in [-0.15, -0.1) is 0 Å². The number of hydrogen-bond acceptors (Lipinski definition) is 3. The van der Waals surface area contributed by atoms with E-state index in [0.29, 0.717) is 5.56 Å². The molecule has 8 heteroatoms. The highest BCUT2D eigenvalue weighted by atomic mass is 19.4. The van der Waals surface area contributed by atoms with Crippen molar-refractivity contribution in [2.75, 3.05) is 13.7 Å². The fourth-order valence-corrected chi connectivity index (χ4v) is 1.96. The molecule has 0 saturated heterocycles. The maximum Gasteiger partial charge on any atom is 0.422 e. The molecule has 0 radical (unpaired) electrons. The van der Waals surface area contributed by atoms with Gasteiger partial charge in [0.25, 0.3) is 5.91 Å². The fourth-order valence-electron chi connectivity index (χ4n) is 1.96. The Kier molecular flexibility index (Phi) is 5.38. The van der Waals surface area contributed by atoms with E-state index in [1.54, 1.807) is 0 Å². The predicted molar refractivity (Wildman–Crippen MR) is 78.0 cm³/mol. The molecule has 2 aromatic rings. The first-order valence-corrected chi connectivity index (χ1v) is 6.91. The third kappa shape index (κ3) is 4.94. The first-order chi connectivity index (χ1) is 11.3. The van der Waals surface area contributed by atoms with Gasteiger partial charge in [-0.05, 0) is 29.8 Å². The Morgan fingerprint density at radius 2 is 1.88 bits per heavy atom. The van der Waals surface area contributed by atoms with E-state index in [2.05, 4.69) is 9.72 Å². The van der Waals surface area contributed by atoms with Gasteiger partial charge in [-0.2, -0.15) is 13.2 Å². The van der Waals surface area contributed by atoms with E-state index in [0.717, 1.165) is 0 Å². The van der Waals surface area contributed by atoms with Crippen molar-refractivity contribution >= 4 is 5.91 Å². The number of amides is 1. The van der Waals surface area contributed by atoms with Gasteiger partial charge in [0.2, 0.25) is 5.88 Å². The Hall–Kier alpha value is -2.64. The summed E-state index contributed by atoms with van der Waals surface area (Å²) in [5.41, 5.74) is 0.597. The third-order valence-electron chi connectivity index (χ3n) is 3.05. The van der Waals surface area contributed by atoms with Crippen molar-refractivity contribution < 1.29 is 27.1 Å². The summed E-state index contributed by atoms with van der Waals surface area (Å²) in [6, 6.07) is 8.32. The molecule has 0 N–H and O–H groups in total. The van der Waals surface area contributed by atoms with Gasteiger partial charge in [0.05, 0.1) is 0 Å². The van der Waals surface area contributed by atoms with Gasteiger partial charge >= 0.3 is 6.18 Å². The van der Waals surface area contributed by atoms with E-state index in [9.17, 15) is 22.4 Å². The number of alkyl halides is 3. The van der Waals surface area contributed by atoms with Crippen LogP contribution >= 0.6 is 0 Å². The normalized spacial score (nSPS) is 11.2. The molecular formula is C16H14F4N2O2. The summed E-state index contributed by atoms with van der Waals surface area (Å²) in [6.07, 6.45) is -3.29. The third-order valence-corrected chi connectivity index (χ3v) is 3.05. The number of aromatic nitrogens is 1. The average molecular weight is 342 g/mol. The second-order valence-corrected chi connectivity index (χ2v) is 5.05. The number of ether oxygens (including phenoxy) is 1. The van der Waals surface area contributed by atoms with Crippen LogP contribution in [-0.2, 0) is 6.54 Å². The van der Waals surface area contributed by atoms with Crippen LogP contribution in [0.4, 0.5) is 17.6 Å². The summed E-state index contributed by atoms with van der Waals surface area (Å²) >= 11 is 0. The van der Waals surface area contributed by atoms with Crippen LogP contribution in [0.15, 0.2) is 42.6 Å². The standard InChI is InChI=1S/C16H14F4N2O2/c1-22(9-11-4-6-12(17)7-5-11)15(23)13-3-2-8-21-14(13)24-10-16(18,19)20/h2-8H,9-10H2,1H3. The number of halogens is 4. The highest BCUT2D eigenvalue weighted by Crippen LogP contribution is 2.21. The van der Waals surface area contributed by atoms with E-state index in [4.69, 9.17) is 0 Å². The summed E-state index contributed by atoms with van der Waals surface area (Å²) in [6.45, 7) is -1.38. The minimum Gasteiger partial charge on any atom is -0.467 e. The maximum absolute atomic E-state index is 12.9. The molecular weight excluding hydrogens is 328 g/mol. The van der Waals surface area contributed by atoms with E-state index in [1.165, 1.54) is 54.5 Å². The number of benzene rings is 1. The van der Waals surface area contributed by atoms with Gasteiger partial charge in [0.15, 0.2) is 6.61 Å². The summed E-state index contributed by atoms with van der Waals surface area (Å²) in [5, 5.41) is 0. The molecule has 24 heavy (non-hydrogen) atoms. The van der Waals surface area contributed by atoms with Crippen molar-refractivity contribution in [3.63, 3.8) is 0 Å². The Labute approximate surface area is 135 Å². The molecule has 1 aromatic carbocycles. The highest BCUT2D eigenvalue weighted by molar-refractivity contribution is 5.96. The number of pyridine rings is 1. The second-order valence-electron chi connectivity index (χ2n) is 5.05. The lowest BCUT2D eigenvalue weighted by Gasteiger charge is -2.19. The Bertz CT molecular complexity index is 702. The van der Waals surface area contributed by atoms with Gasteiger partial charge in [-0.25, -0.2) is 9.37 Å². The van der Waals surface area contributed by atoms with Crippen molar-refractivity contribution in [1.29, 1.82) is 0 Å². The summed E-state index contributed by atoms with van der Waals surface area (Å²) < 4.78 is 54.3. The zero-order chi connectivity index (χ0) is 17.7. The van der Waals surface area contributed by atoms with Crippen LogP contribution in [0.2, 0.25) is 0 Å². The van der Waals surface area contributed by atoms with Crippen LogP contribution in [-0.4, -0.2) is 35.6 Å². The second kappa shape index (κ2) is 7.29. The highest BCUT2D eigenvalue weighted by Gasteiger charge is 2.30. The molecule has 0 atom stereocenters. The molecule has 1 amide bonds. The van der Waals surface area contributed by atoms with Crippen molar-refractivity contribution in [1.82, 2.24) is 9.88 Å². The first kappa shape index (κ1) is 17.7. The molecule has 0 unspecified atom stereocenters. The number of hydrogen-bond donors (Lipinski definition) is 0. The molecule has 0 saturated carbocycles. The number of nitrogens with zero attached hydrogens (tertiary/aromatic N) is 2. The van der Waals surface area contributed by atoms with Crippen LogP contribution in [0.1, 0.15) is 15.9 Å². The van der Waals surface area contributed by atoms with Crippen LogP contribution in [0.3, 0.4) is 0 Å².